The predicted octanol–water partition coefficient (Wildman–Crippen LogP) is 0.391. The van der Waals surface area contributed by atoms with Gasteiger partial charge < -0.3 is 15.0 Å². The Morgan fingerprint density at radius 1 is 1.29 bits per heavy atom. The van der Waals surface area contributed by atoms with Crippen LogP contribution in [0.25, 0.3) is 0 Å². The molecule has 0 aliphatic carbocycles. The quantitative estimate of drug-likeness (QED) is 0.754. The first kappa shape index (κ1) is 13.3. The van der Waals surface area contributed by atoms with Gasteiger partial charge in [-0.2, -0.15) is 0 Å². The molecule has 0 aromatic heterocycles. The molecular formula is C13H27N3O. The maximum Gasteiger partial charge on any atom is 0.0594 e. The molecule has 0 spiro atoms. The van der Waals surface area contributed by atoms with Crippen molar-refractivity contribution >= 4 is 0 Å². The Balaban J connectivity index is 1.74. The molecule has 17 heavy (non-hydrogen) atoms. The molecule has 0 amide bonds. The summed E-state index contributed by atoms with van der Waals surface area (Å²) >= 11 is 0. The fraction of sp³-hybridized carbons (Fsp3) is 1.00. The minimum atomic E-state index is 0.651. The molecule has 2 rings (SSSR count). The van der Waals surface area contributed by atoms with E-state index < -0.39 is 0 Å². The van der Waals surface area contributed by atoms with E-state index in [9.17, 15) is 0 Å². The van der Waals surface area contributed by atoms with Crippen molar-refractivity contribution in [1.29, 1.82) is 0 Å². The fourth-order valence-electron chi connectivity index (χ4n) is 2.95. The van der Waals surface area contributed by atoms with E-state index in [4.69, 9.17) is 4.74 Å². The molecule has 2 saturated heterocycles. The Labute approximate surface area is 105 Å². The molecule has 1 N–H and O–H groups in total. The summed E-state index contributed by atoms with van der Waals surface area (Å²) < 4.78 is 5.42. The first-order valence-electron chi connectivity index (χ1n) is 7.05. The van der Waals surface area contributed by atoms with Gasteiger partial charge in [0.1, 0.15) is 0 Å². The fourth-order valence-corrected chi connectivity index (χ4v) is 2.95. The van der Waals surface area contributed by atoms with Crippen molar-refractivity contribution in [3.05, 3.63) is 0 Å². The van der Waals surface area contributed by atoms with E-state index >= 15 is 0 Å². The third-order valence-corrected chi connectivity index (χ3v) is 4.19. The van der Waals surface area contributed by atoms with Crippen molar-refractivity contribution in [3.8, 4) is 0 Å². The Morgan fingerprint density at radius 2 is 2.06 bits per heavy atom. The number of rotatable bonds is 5. The van der Waals surface area contributed by atoms with Crippen molar-refractivity contribution in [3.63, 3.8) is 0 Å². The topological polar surface area (TPSA) is 27.7 Å². The van der Waals surface area contributed by atoms with Gasteiger partial charge in [-0.25, -0.2) is 0 Å². The highest BCUT2D eigenvalue weighted by molar-refractivity contribution is 4.86. The lowest BCUT2D eigenvalue weighted by molar-refractivity contribution is 0.0183. The lowest BCUT2D eigenvalue weighted by Crippen LogP contribution is -2.45. The molecule has 2 aliphatic rings. The van der Waals surface area contributed by atoms with Crippen molar-refractivity contribution in [2.75, 3.05) is 53.0 Å². The molecule has 4 nitrogen and oxygen atoms in total. The van der Waals surface area contributed by atoms with E-state index in [1.165, 1.54) is 32.5 Å². The number of nitrogens with zero attached hydrogens (tertiary/aromatic N) is 2. The van der Waals surface area contributed by atoms with Crippen LogP contribution in [0.2, 0.25) is 0 Å². The minimum Gasteiger partial charge on any atom is -0.379 e. The first-order chi connectivity index (χ1) is 8.33. The molecule has 4 heteroatoms. The highest BCUT2D eigenvalue weighted by Gasteiger charge is 2.29. The summed E-state index contributed by atoms with van der Waals surface area (Å²) in [5.74, 6) is 0. The Hall–Kier alpha value is -0.160. The summed E-state index contributed by atoms with van der Waals surface area (Å²) in [4.78, 5) is 5.23. The number of morpholine rings is 1. The second-order valence-corrected chi connectivity index (χ2v) is 5.24. The van der Waals surface area contributed by atoms with Crippen LogP contribution < -0.4 is 5.32 Å². The van der Waals surface area contributed by atoms with Crippen LogP contribution in [0.5, 0.6) is 0 Å². The summed E-state index contributed by atoms with van der Waals surface area (Å²) in [6, 6.07) is 1.42. The molecule has 0 aromatic rings. The largest absolute Gasteiger partial charge is 0.379 e. The van der Waals surface area contributed by atoms with Crippen LogP contribution in [0.3, 0.4) is 0 Å². The highest BCUT2D eigenvalue weighted by atomic mass is 16.5. The van der Waals surface area contributed by atoms with Gasteiger partial charge in [-0.3, -0.25) is 4.90 Å². The van der Waals surface area contributed by atoms with Crippen molar-refractivity contribution in [1.82, 2.24) is 15.1 Å². The standard InChI is InChI=1S/C13H27N3O/c1-3-12(14-2)10-15-5-4-13(11-15)16-6-8-17-9-7-16/h12-14H,3-11H2,1-2H3. The Morgan fingerprint density at radius 3 is 2.71 bits per heavy atom. The predicted molar refractivity (Wildman–Crippen MR) is 70.4 cm³/mol. The van der Waals surface area contributed by atoms with E-state index in [-0.39, 0.29) is 0 Å². The Kier molecular flexibility index (Phi) is 5.22. The van der Waals surface area contributed by atoms with Gasteiger partial charge in [0.15, 0.2) is 0 Å². The summed E-state index contributed by atoms with van der Waals surface area (Å²) in [7, 11) is 2.07. The molecule has 2 unspecified atom stereocenters. The number of nitrogens with one attached hydrogen (secondary N) is 1. The smallest absolute Gasteiger partial charge is 0.0594 e. The van der Waals surface area contributed by atoms with Crippen molar-refractivity contribution in [2.45, 2.75) is 31.8 Å². The van der Waals surface area contributed by atoms with Crippen LogP contribution in [0.4, 0.5) is 0 Å². The van der Waals surface area contributed by atoms with E-state index in [2.05, 4.69) is 29.1 Å². The molecule has 0 aromatic carbocycles. The molecule has 0 radical (unpaired) electrons. The summed E-state index contributed by atoms with van der Waals surface area (Å²) in [6.07, 6.45) is 2.55. The lowest BCUT2D eigenvalue weighted by atomic mass is 10.2. The lowest BCUT2D eigenvalue weighted by Gasteiger charge is -2.32. The molecule has 2 atom stereocenters. The van der Waals surface area contributed by atoms with Gasteiger partial charge in [0.2, 0.25) is 0 Å². The highest BCUT2D eigenvalue weighted by Crippen LogP contribution is 2.17. The molecule has 100 valence electrons. The number of likely N-dealkylation sites (tertiary alicyclic amines) is 1. The van der Waals surface area contributed by atoms with E-state index in [0.29, 0.717) is 6.04 Å². The Bertz CT molecular complexity index is 215. The van der Waals surface area contributed by atoms with Crippen LogP contribution in [0, 0.1) is 0 Å². The van der Waals surface area contributed by atoms with E-state index in [1.54, 1.807) is 0 Å². The SMILES string of the molecule is CCC(CN1CCC(N2CCOCC2)C1)NC. The van der Waals surface area contributed by atoms with Gasteiger partial charge in [0.05, 0.1) is 13.2 Å². The summed E-state index contributed by atoms with van der Waals surface area (Å²) in [5.41, 5.74) is 0. The van der Waals surface area contributed by atoms with Crippen molar-refractivity contribution < 1.29 is 4.74 Å². The van der Waals surface area contributed by atoms with Gasteiger partial charge in [0.25, 0.3) is 0 Å². The molecule has 0 saturated carbocycles. The third-order valence-electron chi connectivity index (χ3n) is 4.19. The van der Waals surface area contributed by atoms with Crippen LogP contribution in [0.1, 0.15) is 19.8 Å². The van der Waals surface area contributed by atoms with Crippen molar-refractivity contribution in [2.24, 2.45) is 0 Å². The number of hydrogen-bond donors (Lipinski definition) is 1. The summed E-state index contributed by atoms with van der Waals surface area (Å²) in [5, 5.41) is 3.40. The van der Waals surface area contributed by atoms with Crippen LogP contribution in [-0.4, -0.2) is 74.9 Å². The zero-order chi connectivity index (χ0) is 12.1. The second-order valence-electron chi connectivity index (χ2n) is 5.24. The van der Waals surface area contributed by atoms with Gasteiger partial charge >= 0.3 is 0 Å². The monoisotopic (exact) mass is 241 g/mol. The van der Waals surface area contributed by atoms with Gasteiger partial charge in [-0.1, -0.05) is 6.92 Å². The molecule has 2 aliphatic heterocycles. The van der Waals surface area contributed by atoms with Gasteiger partial charge in [-0.15, -0.1) is 0 Å². The van der Waals surface area contributed by atoms with E-state index in [0.717, 1.165) is 32.3 Å². The minimum absolute atomic E-state index is 0.651. The van der Waals surface area contributed by atoms with Crippen LogP contribution in [-0.2, 0) is 4.74 Å². The molecule has 0 bridgehead atoms. The van der Waals surface area contributed by atoms with Crippen LogP contribution >= 0.6 is 0 Å². The molecular weight excluding hydrogens is 214 g/mol. The average Bonchev–Trinajstić information content (AvgIpc) is 2.85. The normalized spacial score (nSPS) is 29.6. The number of ether oxygens (including phenoxy) is 1. The van der Waals surface area contributed by atoms with Crippen LogP contribution in [0.15, 0.2) is 0 Å². The molecule has 2 heterocycles. The number of likely N-dealkylation sites (N-methyl/N-ethyl adjacent to an activating group) is 1. The van der Waals surface area contributed by atoms with Gasteiger partial charge in [0, 0.05) is 38.3 Å². The summed E-state index contributed by atoms with van der Waals surface area (Å²) in [6.45, 7) is 10.1. The third kappa shape index (κ3) is 3.65. The second kappa shape index (κ2) is 6.69. The maximum absolute atomic E-state index is 5.42. The zero-order valence-electron chi connectivity index (χ0n) is 11.3. The first-order valence-corrected chi connectivity index (χ1v) is 7.05. The molecule has 2 fully saturated rings. The van der Waals surface area contributed by atoms with E-state index in [1.807, 2.05) is 0 Å². The maximum atomic E-state index is 5.42. The number of hydrogen-bond acceptors (Lipinski definition) is 4. The van der Waals surface area contributed by atoms with Gasteiger partial charge in [-0.05, 0) is 26.4 Å². The average molecular weight is 241 g/mol. The zero-order valence-corrected chi connectivity index (χ0v) is 11.3.